The molecule has 1 aliphatic rings. The molecule has 1 aliphatic heterocycles. The lowest BCUT2D eigenvalue weighted by atomic mass is 10.1. The second kappa shape index (κ2) is 8.98. The summed E-state index contributed by atoms with van der Waals surface area (Å²) in [4.78, 5) is 39.0. The summed E-state index contributed by atoms with van der Waals surface area (Å²) in [6, 6.07) is 6.75. The molecule has 1 atom stereocenters. The highest BCUT2D eigenvalue weighted by Crippen LogP contribution is 2.19. The van der Waals surface area contributed by atoms with Crippen LogP contribution in [-0.4, -0.2) is 38.9 Å². The number of amides is 1. The zero-order chi connectivity index (χ0) is 17.2. The molecule has 3 aromatic rings. The van der Waals surface area contributed by atoms with E-state index in [2.05, 4.69) is 30.6 Å². The first-order valence-electron chi connectivity index (χ1n) is 8.23. The van der Waals surface area contributed by atoms with E-state index in [0.717, 1.165) is 24.4 Å². The van der Waals surface area contributed by atoms with Gasteiger partial charge < -0.3 is 20.6 Å². The maximum Gasteiger partial charge on any atom is 0.258 e. The van der Waals surface area contributed by atoms with Crippen LogP contribution in [0.2, 0.25) is 0 Å². The Morgan fingerprint density at radius 1 is 1.26 bits per heavy atom. The summed E-state index contributed by atoms with van der Waals surface area (Å²) in [7, 11) is 0. The van der Waals surface area contributed by atoms with Crippen LogP contribution in [0.5, 0.6) is 0 Å². The molecule has 4 rings (SSSR count). The summed E-state index contributed by atoms with van der Waals surface area (Å²) < 4.78 is 0. The van der Waals surface area contributed by atoms with Gasteiger partial charge in [-0.15, -0.1) is 24.8 Å². The van der Waals surface area contributed by atoms with E-state index >= 15 is 0 Å². The van der Waals surface area contributed by atoms with Crippen LogP contribution >= 0.6 is 24.8 Å². The SMILES string of the molecule is Cl.Cl.O=C(NCCc1nc2ccccc2c(=O)[nH]1)C1NCCc2[nH]cnc21. The Morgan fingerprint density at radius 3 is 2.93 bits per heavy atom. The number of nitrogens with zero attached hydrogens (tertiary/aromatic N) is 2. The lowest BCUT2D eigenvalue weighted by Gasteiger charge is -2.22. The minimum Gasteiger partial charge on any atom is -0.354 e. The zero-order valence-corrected chi connectivity index (χ0v) is 16.0. The zero-order valence-electron chi connectivity index (χ0n) is 14.3. The maximum atomic E-state index is 12.4. The van der Waals surface area contributed by atoms with E-state index in [1.165, 1.54) is 0 Å². The Morgan fingerprint density at radius 2 is 2.07 bits per heavy atom. The van der Waals surface area contributed by atoms with Gasteiger partial charge in [-0.25, -0.2) is 9.97 Å². The van der Waals surface area contributed by atoms with Crippen molar-refractivity contribution in [3.63, 3.8) is 0 Å². The molecule has 144 valence electrons. The van der Waals surface area contributed by atoms with Crippen molar-refractivity contribution in [3.05, 3.63) is 58.2 Å². The molecule has 0 saturated heterocycles. The number of imidazole rings is 1. The molecule has 0 aliphatic carbocycles. The van der Waals surface area contributed by atoms with Crippen LogP contribution in [0.25, 0.3) is 10.9 Å². The van der Waals surface area contributed by atoms with Crippen LogP contribution in [0.1, 0.15) is 23.3 Å². The molecule has 27 heavy (non-hydrogen) atoms. The predicted octanol–water partition coefficient (Wildman–Crippen LogP) is 1.04. The Labute approximate surface area is 167 Å². The third-order valence-electron chi connectivity index (χ3n) is 4.33. The number of hydrogen-bond donors (Lipinski definition) is 4. The van der Waals surface area contributed by atoms with Crippen LogP contribution in [0.15, 0.2) is 35.4 Å². The quantitative estimate of drug-likeness (QED) is 0.512. The molecule has 0 saturated carbocycles. The fraction of sp³-hybridized carbons (Fsp3) is 0.294. The highest BCUT2D eigenvalue weighted by atomic mass is 35.5. The van der Waals surface area contributed by atoms with Gasteiger partial charge in [0.25, 0.3) is 5.56 Å². The average Bonchev–Trinajstić information content (AvgIpc) is 3.10. The molecular weight excluding hydrogens is 391 g/mol. The first-order valence-corrected chi connectivity index (χ1v) is 8.23. The van der Waals surface area contributed by atoms with Gasteiger partial charge in [0.1, 0.15) is 11.9 Å². The number of carbonyl (C=O) groups excluding carboxylic acids is 1. The number of para-hydroxylation sites is 1. The van der Waals surface area contributed by atoms with Crippen molar-refractivity contribution < 1.29 is 4.79 Å². The van der Waals surface area contributed by atoms with Gasteiger partial charge in [0, 0.05) is 31.6 Å². The van der Waals surface area contributed by atoms with Crippen molar-refractivity contribution in [1.29, 1.82) is 0 Å². The third kappa shape index (κ3) is 4.29. The fourth-order valence-corrected chi connectivity index (χ4v) is 3.10. The van der Waals surface area contributed by atoms with Gasteiger partial charge in [0.15, 0.2) is 0 Å². The number of halogens is 2. The summed E-state index contributed by atoms with van der Waals surface area (Å²) in [5.41, 5.74) is 2.24. The van der Waals surface area contributed by atoms with Crippen molar-refractivity contribution in [1.82, 2.24) is 30.6 Å². The lowest BCUT2D eigenvalue weighted by Crippen LogP contribution is -2.42. The molecule has 2 aromatic heterocycles. The number of benzene rings is 1. The molecular formula is C17H20Cl2N6O2. The second-order valence-corrected chi connectivity index (χ2v) is 5.97. The van der Waals surface area contributed by atoms with Crippen molar-refractivity contribution in [3.8, 4) is 0 Å². The number of nitrogens with one attached hydrogen (secondary N) is 4. The Bertz CT molecular complexity index is 987. The molecule has 1 aromatic carbocycles. The average molecular weight is 411 g/mol. The number of H-pyrrole nitrogens is 2. The van der Waals surface area contributed by atoms with Crippen molar-refractivity contribution >= 4 is 41.6 Å². The lowest BCUT2D eigenvalue weighted by molar-refractivity contribution is -0.123. The van der Waals surface area contributed by atoms with Gasteiger partial charge >= 0.3 is 0 Å². The van der Waals surface area contributed by atoms with E-state index in [9.17, 15) is 9.59 Å². The van der Waals surface area contributed by atoms with Crippen LogP contribution in [-0.2, 0) is 17.6 Å². The first-order chi connectivity index (χ1) is 12.2. The molecule has 4 N–H and O–H groups in total. The molecule has 0 bridgehead atoms. The van der Waals surface area contributed by atoms with Gasteiger partial charge in [0.05, 0.1) is 22.9 Å². The molecule has 8 nitrogen and oxygen atoms in total. The summed E-state index contributed by atoms with van der Waals surface area (Å²) in [6.45, 7) is 1.12. The van der Waals surface area contributed by atoms with E-state index in [1.807, 2.05) is 6.07 Å². The van der Waals surface area contributed by atoms with E-state index < -0.39 is 6.04 Å². The molecule has 1 amide bonds. The molecule has 0 spiro atoms. The Balaban J connectivity index is 0.00000131. The van der Waals surface area contributed by atoms with Crippen molar-refractivity contribution in [2.75, 3.05) is 13.1 Å². The van der Waals surface area contributed by atoms with E-state index in [1.54, 1.807) is 24.5 Å². The van der Waals surface area contributed by atoms with Gasteiger partial charge in [-0.05, 0) is 12.1 Å². The van der Waals surface area contributed by atoms with Gasteiger partial charge in [-0.3, -0.25) is 9.59 Å². The monoisotopic (exact) mass is 410 g/mol. The molecule has 1 unspecified atom stereocenters. The first kappa shape index (κ1) is 20.9. The summed E-state index contributed by atoms with van der Waals surface area (Å²) >= 11 is 0. The highest BCUT2D eigenvalue weighted by molar-refractivity contribution is 5.85. The number of hydrogen-bond acceptors (Lipinski definition) is 5. The molecule has 10 heteroatoms. The van der Waals surface area contributed by atoms with Crippen LogP contribution in [0.4, 0.5) is 0 Å². The highest BCUT2D eigenvalue weighted by Gasteiger charge is 2.28. The van der Waals surface area contributed by atoms with Gasteiger partial charge in [-0.2, -0.15) is 0 Å². The van der Waals surface area contributed by atoms with Gasteiger partial charge in [-0.1, -0.05) is 12.1 Å². The largest absolute Gasteiger partial charge is 0.354 e. The van der Waals surface area contributed by atoms with E-state index in [4.69, 9.17) is 0 Å². The molecule has 3 heterocycles. The number of aromatic nitrogens is 4. The van der Waals surface area contributed by atoms with Crippen LogP contribution in [0.3, 0.4) is 0 Å². The fourth-order valence-electron chi connectivity index (χ4n) is 3.10. The Kier molecular flexibility index (Phi) is 6.95. The minimum atomic E-state index is -0.446. The number of aromatic amines is 2. The third-order valence-corrected chi connectivity index (χ3v) is 4.33. The van der Waals surface area contributed by atoms with Crippen molar-refractivity contribution in [2.45, 2.75) is 18.9 Å². The summed E-state index contributed by atoms with van der Waals surface area (Å²) in [5, 5.41) is 6.62. The number of fused-ring (bicyclic) bond motifs is 2. The summed E-state index contributed by atoms with van der Waals surface area (Å²) in [5.74, 6) is 0.428. The maximum absolute atomic E-state index is 12.4. The number of rotatable bonds is 4. The standard InChI is InChI=1S/C17H18N6O2.2ClH/c24-16-10-3-1-2-4-11(10)22-13(23-16)6-8-19-17(25)15-14-12(5-7-18-15)20-9-21-14;;/h1-4,9,15,18H,5-8H2,(H,19,25)(H,20,21)(H,22,23,24);2*1H. The second-order valence-electron chi connectivity index (χ2n) is 5.97. The van der Waals surface area contributed by atoms with Crippen LogP contribution < -0.4 is 16.2 Å². The normalized spacial score (nSPS) is 15.3. The van der Waals surface area contributed by atoms with Crippen molar-refractivity contribution in [2.24, 2.45) is 0 Å². The van der Waals surface area contributed by atoms with Gasteiger partial charge in [0.2, 0.25) is 5.91 Å². The Hall–Kier alpha value is -2.42. The predicted molar refractivity (Wildman–Crippen MR) is 107 cm³/mol. The molecule has 0 radical (unpaired) electrons. The number of carbonyl (C=O) groups is 1. The van der Waals surface area contributed by atoms with Crippen LogP contribution in [0, 0.1) is 0 Å². The van der Waals surface area contributed by atoms with E-state index in [-0.39, 0.29) is 36.3 Å². The minimum absolute atomic E-state index is 0. The topological polar surface area (TPSA) is 116 Å². The summed E-state index contributed by atoms with van der Waals surface area (Å²) in [6.07, 6.45) is 2.90. The molecule has 0 fully saturated rings. The smallest absolute Gasteiger partial charge is 0.258 e. The van der Waals surface area contributed by atoms with E-state index in [0.29, 0.717) is 29.7 Å².